The molecule has 1 fully saturated rings. The fraction of sp³-hybridized carbons (Fsp3) is 0.600. The summed E-state index contributed by atoms with van der Waals surface area (Å²) >= 11 is 0. The fourth-order valence-corrected chi connectivity index (χ4v) is 1.69. The topological polar surface area (TPSA) is 136 Å². The highest BCUT2D eigenvalue weighted by Crippen LogP contribution is 2.08. The summed E-state index contributed by atoms with van der Waals surface area (Å²) in [5.74, 6) is -3.06. The number of carbonyl (C=O) groups excluding carboxylic acids is 2. The molecule has 9 heteroatoms. The second-order valence-corrected chi connectivity index (χ2v) is 4.21. The van der Waals surface area contributed by atoms with Crippen LogP contribution in [0.2, 0.25) is 0 Å². The monoisotopic (exact) mass is 273 g/mol. The largest absolute Gasteiger partial charge is 0.481 e. The maximum Gasteiger partial charge on any atom is 0.326 e. The zero-order chi connectivity index (χ0) is 14.6. The van der Waals surface area contributed by atoms with Gasteiger partial charge in [-0.2, -0.15) is 0 Å². The Morgan fingerprint density at radius 2 is 2.05 bits per heavy atom. The number of hydrogen-bond acceptors (Lipinski definition) is 4. The number of carbonyl (C=O) groups is 4. The molecule has 2 unspecified atom stereocenters. The van der Waals surface area contributed by atoms with E-state index < -0.39 is 36.5 Å². The predicted octanol–water partition coefficient (Wildman–Crippen LogP) is -1.56. The van der Waals surface area contributed by atoms with E-state index in [0.29, 0.717) is 13.0 Å². The number of likely N-dealkylation sites (N-methyl/N-ethyl adjacent to an activating group) is 1. The molecule has 1 rings (SSSR count). The van der Waals surface area contributed by atoms with Gasteiger partial charge in [0.05, 0.1) is 6.42 Å². The maximum absolute atomic E-state index is 11.5. The molecule has 2 atom stereocenters. The van der Waals surface area contributed by atoms with Crippen LogP contribution in [0.15, 0.2) is 0 Å². The van der Waals surface area contributed by atoms with Crippen LogP contribution in [-0.2, 0) is 14.4 Å². The molecule has 1 saturated heterocycles. The number of rotatable bonds is 5. The van der Waals surface area contributed by atoms with Gasteiger partial charge in [-0.1, -0.05) is 0 Å². The summed E-state index contributed by atoms with van der Waals surface area (Å²) in [5.41, 5.74) is 0. The molecule has 3 amide bonds. The highest BCUT2D eigenvalue weighted by atomic mass is 16.4. The van der Waals surface area contributed by atoms with E-state index in [1.165, 1.54) is 4.90 Å². The number of likely N-dealkylation sites (tertiary alicyclic amines) is 1. The molecular formula is C10H15N3O6. The van der Waals surface area contributed by atoms with Gasteiger partial charge in [-0.25, -0.2) is 9.59 Å². The minimum atomic E-state index is -1.54. The Kier molecular flexibility index (Phi) is 4.67. The van der Waals surface area contributed by atoms with Crippen molar-refractivity contribution in [3.8, 4) is 0 Å². The standard InChI is InChI=1S/C10H15N3O6/c1-13-3-2-5(8(13)16)11-10(19)12-6(9(17)18)4-7(14)15/h5-6H,2-4H2,1H3,(H,14,15)(H,17,18)(H2,11,12,19). The quantitative estimate of drug-likeness (QED) is 0.478. The molecule has 1 aliphatic rings. The first kappa shape index (κ1) is 14.7. The van der Waals surface area contributed by atoms with E-state index in [4.69, 9.17) is 10.2 Å². The molecule has 9 nitrogen and oxygen atoms in total. The van der Waals surface area contributed by atoms with Gasteiger partial charge >= 0.3 is 18.0 Å². The van der Waals surface area contributed by atoms with Gasteiger partial charge in [0, 0.05) is 13.6 Å². The van der Waals surface area contributed by atoms with Crippen molar-refractivity contribution < 1.29 is 29.4 Å². The lowest BCUT2D eigenvalue weighted by atomic mass is 10.2. The number of carboxylic acid groups (broad SMARTS) is 2. The molecule has 1 aliphatic heterocycles. The van der Waals surface area contributed by atoms with E-state index in [-0.39, 0.29) is 5.91 Å². The molecule has 4 N–H and O–H groups in total. The Balaban J connectivity index is 2.51. The Morgan fingerprint density at radius 3 is 2.47 bits per heavy atom. The average molecular weight is 273 g/mol. The van der Waals surface area contributed by atoms with Gasteiger partial charge in [-0.05, 0) is 6.42 Å². The lowest BCUT2D eigenvalue weighted by Crippen LogP contribution is -2.51. The third kappa shape index (κ3) is 4.12. The van der Waals surface area contributed by atoms with Crippen molar-refractivity contribution in [2.75, 3.05) is 13.6 Å². The molecule has 0 bridgehead atoms. The van der Waals surface area contributed by atoms with Gasteiger partial charge in [0.2, 0.25) is 5.91 Å². The van der Waals surface area contributed by atoms with Crippen molar-refractivity contribution in [2.24, 2.45) is 0 Å². The van der Waals surface area contributed by atoms with Crippen molar-refractivity contribution in [2.45, 2.75) is 24.9 Å². The molecule has 0 radical (unpaired) electrons. The van der Waals surface area contributed by atoms with Gasteiger partial charge < -0.3 is 25.7 Å². The zero-order valence-electron chi connectivity index (χ0n) is 10.3. The predicted molar refractivity (Wildman–Crippen MR) is 61.4 cm³/mol. The second-order valence-electron chi connectivity index (χ2n) is 4.21. The van der Waals surface area contributed by atoms with Crippen molar-refractivity contribution in [3.05, 3.63) is 0 Å². The highest BCUT2D eigenvalue weighted by Gasteiger charge is 2.31. The van der Waals surface area contributed by atoms with Crippen LogP contribution in [0.5, 0.6) is 0 Å². The Hall–Kier alpha value is -2.32. The number of aliphatic carboxylic acids is 2. The van der Waals surface area contributed by atoms with Crippen LogP contribution in [-0.4, -0.2) is 64.7 Å². The molecule has 1 heterocycles. The number of nitrogens with zero attached hydrogens (tertiary/aromatic N) is 1. The van der Waals surface area contributed by atoms with Gasteiger partial charge in [-0.15, -0.1) is 0 Å². The van der Waals surface area contributed by atoms with E-state index in [1.807, 2.05) is 5.32 Å². The van der Waals surface area contributed by atoms with Crippen LogP contribution >= 0.6 is 0 Å². The van der Waals surface area contributed by atoms with Crippen LogP contribution in [0, 0.1) is 0 Å². The van der Waals surface area contributed by atoms with E-state index in [2.05, 4.69) is 5.32 Å². The molecule has 0 aromatic heterocycles. The third-order valence-electron chi connectivity index (χ3n) is 2.71. The maximum atomic E-state index is 11.5. The highest BCUT2D eigenvalue weighted by molar-refractivity contribution is 5.90. The lowest BCUT2D eigenvalue weighted by Gasteiger charge is -2.16. The average Bonchev–Trinajstić information content (AvgIpc) is 2.59. The number of carboxylic acids is 2. The Labute approximate surface area is 108 Å². The van der Waals surface area contributed by atoms with Gasteiger partial charge in [0.15, 0.2) is 0 Å². The van der Waals surface area contributed by atoms with E-state index in [0.717, 1.165) is 0 Å². The first-order chi connectivity index (χ1) is 8.81. The number of urea groups is 1. The molecule has 0 aromatic carbocycles. The minimum Gasteiger partial charge on any atom is -0.481 e. The Bertz CT molecular complexity index is 410. The van der Waals surface area contributed by atoms with Crippen LogP contribution in [0.25, 0.3) is 0 Å². The summed E-state index contributed by atoms with van der Waals surface area (Å²) in [7, 11) is 1.59. The normalized spacial score (nSPS) is 19.9. The summed E-state index contributed by atoms with van der Waals surface area (Å²) in [6, 6.07) is -3.11. The summed E-state index contributed by atoms with van der Waals surface area (Å²) in [4.78, 5) is 45.6. The summed E-state index contributed by atoms with van der Waals surface area (Å²) in [6.07, 6.45) is -0.305. The van der Waals surface area contributed by atoms with Crippen LogP contribution in [0.3, 0.4) is 0 Å². The Morgan fingerprint density at radius 1 is 1.42 bits per heavy atom. The fourth-order valence-electron chi connectivity index (χ4n) is 1.69. The third-order valence-corrected chi connectivity index (χ3v) is 2.71. The summed E-state index contributed by atoms with van der Waals surface area (Å²) in [6.45, 7) is 0.501. The van der Waals surface area contributed by atoms with E-state index in [9.17, 15) is 19.2 Å². The first-order valence-electron chi connectivity index (χ1n) is 5.58. The molecule has 0 aromatic rings. The number of amides is 3. The van der Waals surface area contributed by atoms with Crippen LogP contribution in [0.1, 0.15) is 12.8 Å². The summed E-state index contributed by atoms with van der Waals surface area (Å²) < 4.78 is 0. The number of nitrogens with one attached hydrogen (secondary N) is 2. The van der Waals surface area contributed by atoms with Gasteiger partial charge in [0.1, 0.15) is 12.1 Å². The molecule has 19 heavy (non-hydrogen) atoms. The molecule has 0 aliphatic carbocycles. The second kappa shape index (κ2) is 6.03. The number of hydrogen-bond donors (Lipinski definition) is 4. The molecular weight excluding hydrogens is 258 g/mol. The van der Waals surface area contributed by atoms with E-state index in [1.54, 1.807) is 7.05 Å². The lowest BCUT2D eigenvalue weighted by molar-refractivity contribution is -0.145. The van der Waals surface area contributed by atoms with Crippen molar-refractivity contribution in [1.29, 1.82) is 0 Å². The van der Waals surface area contributed by atoms with Crippen LogP contribution in [0.4, 0.5) is 4.79 Å². The van der Waals surface area contributed by atoms with Gasteiger partial charge in [0.25, 0.3) is 0 Å². The van der Waals surface area contributed by atoms with Crippen LogP contribution < -0.4 is 10.6 Å². The van der Waals surface area contributed by atoms with Crippen molar-refractivity contribution in [3.63, 3.8) is 0 Å². The molecule has 106 valence electrons. The van der Waals surface area contributed by atoms with Crippen molar-refractivity contribution >= 4 is 23.9 Å². The smallest absolute Gasteiger partial charge is 0.326 e. The first-order valence-corrected chi connectivity index (χ1v) is 5.58. The molecule has 0 saturated carbocycles. The van der Waals surface area contributed by atoms with Gasteiger partial charge in [-0.3, -0.25) is 9.59 Å². The minimum absolute atomic E-state index is 0.264. The van der Waals surface area contributed by atoms with E-state index >= 15 is 0 Å². The van der Waals surface area contributed by atoms with Crippen molar-refractivity contribution in [1.82, 2.24) is 15.5 Å². The molecule has 0 spiro atoms. The zero-order valence-corrected chi connectivity index (χ0v) is 10.3. The SMILES string of the molecule is CN1CCC(NC(=O)NC(CC(=O)O)C(=O)O)C1=O. The summed E-state index contributed by atoms with van der Waals surface area (Å²) in [5, 5.41) is 21.6.